The van der Waals surface area contributed by atoms with Crippen molar-refractivity contribution in [2.75, 3.05) is 0 Å². The van der Waals surface area contributed by atoms with E-state index in [4.69, 9.17) is 10.9 Å². The van der Waals surface area contributed by atoms with Crippen LogP contribution in [0.4, 0.5) is 0 Å². The SMILES string of the molecule is NNC(Cc1ccn(C2CCCC2)n1)CC1CC1. The Bertz CT molecular complexity index is 377. The number of nitrogens with one attached hydrogen (secondary N) is 1. The van der Waals surface area contributed by atoms with Crippen LogP contribution >= 0.6 is 0 Å². The molecule has 100 valence electrons. The minimum absolute atomic E-state index is 0.393. The fraction of sp³-hybridized carbons (Fsp3) is 0.786. The van der Waals surface area contributed by atoms with Crippen molar-refractivity contribution in [2.24, 2.45) is 11.8 Å². The van der Waals surface area contributed by atoms with Gasteiger partial charge >= 0.3 is 0 Å². The van der Waals surface area contributed by atoms with Gasteiger partial charge in [0.25, 0.3) is 0 Å². The maximum atomic E-state index is 5.64. The van der Waals surface area contributed by atoms with Crippen molar-refractivity contribution < 1.29 is 0 Å². The number of nitrogens with zero attached hydrogens (tertiary/aromatic N) is 2. The molecule has 1 heterocycles. The summed E-state index contributed by atoms with van der Waals surface area (Å²) in [6.45, 7) is 0. The number of hydrogen-bond donors (Lipinski definition) is 2. The zero-order valence-corrected chi connectivity index (χ0v) is 11.0. The van der Waals surface area contributed by atoms with E-state index in [2.05, 4.69) is 22.4 Å². The average Bonchev–Trinajstić information content (AvgIpc) is 2.87. The van der Waals surface area contributed by atoms with E-state index in [1.54, 1.807) is 0 Å². The Morgan fingerprint density at radius 2 is 2.11 bits per heavy atom. The molecule has 0 amide bonds. The number of hydrazine groups is 1. The van der Waals surface area contributed by atoms with Crippen LogP contribution in [-0.2, 0) is 6.42 Å². The normalized spacial score (nSPS) is 22.5. The zero-order valence-electron chi connectivity index (χ0n) is 11.0. The molecular formula is C14H24N4. The van der Waals surface area contributed by atoms with Crippen molar-refractivity contribution in [1.82, 2.24) is 15.2 Å². The molecule has 1 aromatic heterocycles. The van der Waals surface area contributed by atoms with Crippen LogP contribution in [0.1, 0.15) is 56.7 Å². The first kappa shape index (κ1) is 12.2. The maximum Gasteiger partial charge on any atom is 0.0640 e. The van der Waals surface area contributed by atoms with Crippen LogP contribution in [0.15, 0.2) is 12.3 Å². The van der Waals surface area contributed by atoms with Crippen LogP contribution in [0.5, 0.6) is 0 Å². The van der Waals surface area contributed by atoms with Gasteiger partial charge in [-0.15, -0.1) is 0 Å². The fourth-order valence-electron chi connectivity index (χ4n) is 3.08. The molecule has 0 radical (unpaired) electrons. The largest absolute Gasteiger partial charge is 0.271 e. The van der Waals surface area contributed by atoms with Gasteiger partial charge in [0, 0.05) is 18.7 Å². The van der Waals surface area contributed by atoms with Gasteiger partial charge in [-0.1, -0.05) is 25.7 Å². The lowest BCUT2D eigenvalue weighted by molar-refractivity contribution is 0.441. The molecule has 1 unspecified atom stereocenters. The molecule has 2 saturated carbocycles. The van der Waals surface area contributed by atoms with E-state index in [9.17, 15) is 0 Å². The molecule has 0 saturated heterocycles. The summed E-state index contributed by atoms with van der Waals surface area (Å²) in [6, 6.07) is 3.20. The quantitative estimate of drug-likeness (QED) is 0.599. The summed E-state index contributed by atoms with van der Waals surface area (Å²) < 4.78 is 2.17. The summed E-state index contributed by atoms with van der Waals surface area (Å²) in [7, 11) is 0. The molecule has 2 fully saturated rings. The Morgan fingerprint density at radius 1 is 1.33 bits per heavy atom. The number of rotatable bonds is 6. The highest BCUT2D eigenvalue weighted by Crippen LogP contribution is 2.34. The maximum absolute atomic E-state index is 5.64. The van der Waals surface area contributed by atoms with E-state index in [0.29, 0.717) is 12.1 Å². The van der Waals surface area contributed by atoms with Crippen LogP contribution < -0.4 is 11.3 Å². The summed E-state index contributed by atoms with van der Waals surface area (Å²) in [5, 5.41) is 4.73. The van der Waals surface area contributed by atoms with E-state index >= 15 is 0 Å². The lowest BCUT2D eigenvalue weighted by atomic mass is 10.1. The van der Waals surface area contributed by atoms with Gasteiger partial charge in [0.05, 0.1) is 11.7 Å². The molecular weight excluding hydrogens is 224 g/mol. The molecule has 4 nitrogen and oxygen atoms in total. The minimum Gasteiger partial charge on any atom is -0.271 e. The second-order valence-electron chi connectivity index (χ2n) is 5.97. The predicted molar refractivity (Wildman–Crippen MR) is 71.9 cm³/mol. The minimum atomic E-state index is 0.393. The van der Waals surface area contributed by atoms with Gasteiger partial charge in [-0.05, 0) is 31.2 Å². The Balaban J connectivity index is 1.57. The van der Waals surface area contributed by atoms with E-state index in [1.165, 1.54) is 50.6 Å². The third-order valence-electron chi connectivity index (χ3n) is 4.37. The van der Waals surface area contributed by atoms with Gasteiger partial charge in [0.1, 0.15) is 0 Å². The van der Waals surface area contributed by atoms with Crippen molar-refractivity contribution in [3.8, 4) is 0 Å². The summed E-state index contributed by atoms with van der Waals surface area (Å²) in [5.41, 5.74) is 4.14. The molecule has 3 N–H and O–H groups in total. The Labute approximate surface area is 109 Å². The summed E-state index contributed by atoms with van der Waals surface area (Å²) >= 11 is 0. The molecule has 1 atom stereocenters. The van der Waals surface area contributed by atoms with Crippen molar-refractivity contribution >= 4 is 0 Å². The highest BCUT2D eigenvalue weighted by Gasteiger charge is 2.25. The van der Waals surface area contributed by atoms with Crippen LogP contribution in [0.2, 0.25) is 0 Å². The van der Waals surface area contributed by atoms with Gasteiger partial charge in [0.15, 0.2) is 0 Å². The fourth-order valence-corrected chi connectivity index (χ4v) is 3.08. The van der Waals surface area contributed by atoms with Gasteiger partial charge in [-0.25, -0.2) is 0 Å². The van der Waals surface area contributed by atoms with Crippen molar-refractivity contribution in [3.63, 3.8) is 0 Å². The Hall–Kier alpha value is -0.870. The third kappa shape index (κ3) is 2.93. The van der Waals surface area contributed by atoms with Crippen molar-refractivity contribution in [2.45, 2.75) is 63.5 Å². The Morgan fingerprint density at radius 3 is 2.78 bits per heavy atom. The molecule has 2 aliphatic carbocycles. The summed E-state index contributed by atoms with van der Waals surface area (Å²) in [4.78, 5) is 0. The summed E-state index contributed by atoms with van der Waals surface area (Å²) in [6.07, 6.45) is 12.4. The first-order valence-corrected chi connectivity index (χ1v) is 7.35. The molecule has 0 aromatic carbocycles. The highest BCUT2D eigenvalue weighted by molar-refractivity contribution is 5.03. The lowest BCUT2D eigenvalue weighted by Crippen LogP contribution is -2.37. The molecule has 0 aliphatic heterocycles. The molecule has 3 rings (SSSR count). The van der Waals surface area contributed by atoms with Crippen molar-refractivity contribution in [1.29, 1.82) is 0 Å². The van der Waals surface area contributed by atoms with Crippen LogP contribution in [0.3, 0.4) is 0 Å². The standard InChI is InChI=1S/C14H24N4/c15-16-13(9-11-5-6-11)10-12-7-8-18(17-12)14-3-1-2-4-14/h7-8,11,13-14,16H,1-6,9-10,15H2. The molecule has 18 heavy (non-hydrogen) atoms. The average molecular weight is 248 g/mol. The zero-order chi connectivity index (χ0) is 12.4. The van der Waals surface area contributed by atoms with Crippen LogP contribution in [0.25, 0.3) is 0 Å². The predicted octanol–water partition coefficient (Wildman–Crippen LogP) is 2.17. The first-order valence-electron chi connectivity index (χ1n) is 7.35. The van der Waals surface area contributed by atoms with E-state index in [1.807, 2.05) is 0 Å². The summed E-state index contributed by atoms with van der Waals surface area (Å²) in [5.74, 6) is 6.55. The first-order chi connectivity index (χ1) is 8.85. The molecule has 4 heteroatoms. The number of hydrogen-bond acceptors (Lipinski definition) is 3. The van der Waals surface area contributed by atoms with Crippen LogP contribution in [-0.4, -0.2) is 15.8 Å². The van der Waals surface area contributed by atoms with Gasteiger partial charge in [-0.2, -0.15) is 5.10 Å². The number of nitrogens with two attached hydrogens (primary N) is 1. The van der Waals surface area contributed by atoms with Gasteiger partial charge in [0.2, 0.25) is 0 Å². The third-order valence-corrected chi connectivity index (χ3v) is 4.37. The van der Waals surface area contributed by atoms with Crippen molar-refractivity contribution in [3.05, 3.63) is 18.0 Å². The molecule has 0 spiro atoms. The second kappa shape index (κ2) is 5.41. The topological polar surface area (TPSA) is 55.9 Å². The second-order valence-corrected chi connectivity index (χ2v) is 5.97. The lowest BCUT2D eigenvalue weighted by Gasteiger charge is -2.14. The highest BCUT2D eigenvalue weighted by atomic mass is 15.3. The molecule has 1 aromatic rings. The molecule has 0 bridgehead atoms. The monoisotopic (exact) mass is 248 g/mol. The van der Waals surface area contributed by atoms with Crippen LogP contribution in [0, 0.1) is 5.92 Å². The molecule has 2 aliphatic rings. The van der Waals surface area contributed by atoms with E-state index < -0.39 is 0 Å². The smallest absolute Gasteiger partial charge is 0.0640 e. The van der Waals surface area contributed by atoms with E-state index in [0.717, 1.165) is 12.3 Å². The van der Waals surface area contributed by atoms with Gasteiger partial charge < -0.3 is 0 Å². The van der Waals surface area contributed by atoms with E-state index in [-0.39, 0.29) is 0 Å². The van der Waals surface area contributed by atoms with Gasteiger partial charge in [-0.3, -0.25) is 16.0 Å². The Kier molecular flexibility index (Phi) is 3.66. The number of aromatic nitrogens is 2.